The Morgan fingerprint density at radius 3 is 2.76 bits per heavy atom. The predicted molar refractivity (Wildman–Crippen MR) is 72.7 cm³/mol. The lowest BCUT2D eigenvalue weighted by Gasteiger charge is -2.10. The van der Waals surface area contributed by atoms with Gasteiger partial charge in [-0.2, -0.15) is 0 Å². The molecule has 4 nitrogen and oxygen atoms in total. The zero-order valence-electron chi connectivity index (χ0n) is 9.55. The van der Waals surface area contributed by atoms with Crippen molar-refractivity contribution in [2.75, 3.05) is 5.32 Å². The minimum atomic E-state index is 0.596. The number of aryl methyl sites for hydroxylation is 1. The summed E-state index contributed by atoms with van der Waals surface area (Å²) in [7, 11) is 1.96. The van der Waals surface area contributed by atoms with Crippen LogP contribution in [0.15, 0.2) is 42.7 Å². The second-order valence-electron chi connectivity index (χ2n) is 3.63. The number of nitrogens with one attached hydrogen (secondary N) is 2. The predicted octanol–water partition coefficient (Wildman–Crippen LogP) is 1.91. The lowest BCUT2D eigenvalue weighted by Crippen LogP contribution is -2.28. The minimum absolute atomic E-state index is 0.596. The number of imidazole rings is 1. The molecular weight excluding hydrogens is 232 g/mol. The van der Waals surface area contributed by atoms with E-state index >= 15 is 0 Å². The number of hydrogen-bond acceptors (Lipinski definition) is 2. The maximum Gasteiger partial charge on any atom is 0.171 e. The lowest BCUT2D eigenvalue weighted by molar-refractivity contribution is 0.754. The number of hydrogen-bond donors (Lipinski definition) is 2. The van der Waals surface area contributed by atoms with E-state index in [0.29, 0.717) is 11.7 Å². The second kappa shape index (κ2) is 5.45. The first-order chi connectivity index (χ1) is 8.25. The normalized spacial score (nSPS) is 9.94. The summed E-state index contributed by atoms with van der Waals surface area (Å²) in [5, 5.41) is 6.81. The Balaban J connectivity index is 1.84. The van der Waals surface area contributed by atoms with E-state index in [1.54, 1.807) is 6.20 Å². The van der Waals surface area contributed by atoms with Crippen LogP contribution in [0.4, 0.5) is 5.69 Å². The van der Waals surface area contributed by atoms with Crippen LogP contribution in [0.3, 0.4) is 0 Å². The fraction of sp³-hybridized carbons (Fsp3) is 0.167. The van der Waals surface area contributed by atoms with E-state index < -0.39 is 0 Å². The van der Waals surface area contributed by atoms with E-state index in [0.717, 1.165) is 11.5 Å². The van der Waals surface area contributed by atoms with Crippen LogP contribution in [0.25, 0.3) is 0 Å². The van der Waals surface area contributed by atoms with E-state index in [9.17, 15) is 0 Å². The van der Waals surface area contributed by atoms with Gasteiger partial charge in [-0.15, -0.1) is 0 Å². The highest BCUT2D eigenvalue weighted by Gasteiger charge is 2.00. The lowest BCUT2D eigenvalue weighted by atomic mass is 10.3. The van der Waals surface area contributed by atoms with Crippen LogP contribution >= 0.6 is 12.2 Å². The highest BCUT2D eigenvalue weighted by molar-refractivity contribution is 7.80. The van der Waals surface area contributed by atoms with Crippen molar-refractivity contribution >= 4 is 23.0 Å². The maximum absolute atomic E-state index is 5.19. The van der Waals surface area contributed by atoms with Gasteiger partial charge in [-0.25, -0.2) is 4.98 Å². The highest BCUT2D eigenvalue weighted by Crippen LogP contribution is 2.04. The zero-order valence-corrected chi connectivity index (χ0v) is 10.4. The molecule has 0 bridgehead atoms. The van der Waals surface area contributed by atoms with Gasteiger partial charge in [0.05, 0.1) is 6.54 Å². The largest absolute Gasteiger partial charge is 0.355 e. The Kier molecular flexibility index (Phi) is 3.72. The second-order valence-corrected chi connectivity index (χ2v) is 4.04. The molecule has 1 aromatic carbocycles. The molecule has 1 heterocycles. The summed E-state index contributed by atoms with van der Waals surface area (Å²) in [5.74, 6) is 0.946. The molecule has 5 heteroatoms. The standard InChI is InChI=1S/C12H14N4S/c1-16-8-7-13-11(16)9-14-12(17)15-10-5-3-2-4-6-10/h2-8H,9H2,1H3,(H2,14,15,17). The highest BCUT2D eigenvalue weighted by atomic mass is 32.1. The molecule has 2 aromatic rings. The Hall–Kier alpha value is -1.88. The molecule has 0 saturated carbocycles. The molecule has 0 aliphatic rings. The van der Waals surface area contributed by atoms with Crippen molar-refractivity contribution in [1.82, 2.24) is 14.9 Å². The molecule has 0 fully saturated rings. The smallest absolute Gasteiger partial charge is 0.171 e. The van der Waals surface area contributed by atoms with Crippen LogP contribution in [-0.4, -0.2) is 14.7 Å². The SMILES string of the molecule is Cn1ccnc1CNC(=S)Nc1ccccc1. The third-order valence-electron chi connectivity index (χ3n) is 2.36. The van der Waals surface area contributed by atoms with Gasteiger partial charge in [0.15, 0.2) is 5.11 Å². The van der Waals surface area contributed by atoms with Crippen molar-refractivity contribution in [3.05, 3.63) is 48.5 Å². The van der Waals surface area contributed by atoms with E-state index in [1.165, 1.54) is 0 Å². The van der Waals surface area contributed by atoms with Crippen molar-refractivity contribution in [3.8, 4) is 0 Å². The maximum atomic E-state index is 5.19. The minimum Gasteiger partial charge on any atom is -0.355 e. The first-order valence-electron chi connectivity index (χ1n) is 5.32. The topological polar surface area (TPSA) is 41.9 Å². The number of benzene rings is 1. The van der Waals surface area contributed by atoms with E-state index in [2.05, 4.69) is 15.6 Å². The van der Waals surface area contributed by atoms with Gasteiger partial charge in [0.1, 0.15) is 5.82 Å². The Bertz CT molecular complexity index is 492. The number of aromatic nitrogens is 2. The Morgan fingerprint density at radius 1 is 1.35 bits per heavy atom. The summed E-state index contributed by atoms with van der Waals surface area (Å²) in [6, 6.07) is 9.83. The third kappa shape index (κ3) is 3.29. The Morgan fingerprint density at radius 2 is 2.12 bits per heavy atom. The van der Waals surface area contributed by atoms with E-state index in [1.807, 2.05) is 48.1 Å². The van der Waals surface area contributed by atoms with Crippen LogP contribution < -0.4 is 10.6 Å². The summed E-state index contributed by atoms with van der Waals surface area (Å²) in [6.45, 7) is 0.613. The quantitative estimate of drug-likeness (QED) is 0.812. The van der Waals surface area contributed by atoms with Crippen molar-refractivity contribution in [1.29, 1.82) is 0 Å². The summed E-state index contributed by atoms with van der Waals surface area (Å²) < 4.78 is 1.96. The van der Waals surface area contributed by atoms with Gasteiger partial charge in [0, 0.05) is 25.1 Å². The van der Waals surface area contributed by atoms with Crippen LogP contribution in [0.1, 0.15) is 5.82 Å². The Labute approximate surface area is 106 Å². The molecule has 17 heavy (non-hydrogen) atoms. The van der Waals surface area contributed by atoms with Crippen LogP contribution in [0.5, 0.6) is 0 Å². The molecule has 88 valence electrons. The first-order valence-corrected chi connectivity index (χ1v) is 5.72. The monoisotopic (exact) mass is 246 g/mol. The van der Waals surface area contributed by atoms with Crippen LogP contribution in [0, 0.1) is 0 Å². The number of para-hydroxylation sites is 1. The molecule has 1 aromatic heterocycles. The summed E-state index contributed by atoms with van der Waals surface area (Å²) >= 11 is 5.19. The van der Waals surface area contributed by atoms with Crippen molar-refractivity contribution < 1.29 is 0 Å². The molecule has 0 aliphatic carbocycles. The van der Waals surface area contributed by atoms with Gasteiger partial charge >= 0.3 is 0 Å². The summed E-state index contributed by atoms with van der Waals surface area (Å²) in [6.07, 6.45) is 3.68. The number of anilines is 1. The fourth-order valence-electron chi connectivity index (χ4n) is 1.42. The van der Waals surface area contributed by atoms with E-state index in [4.69, 9.17) is 12.2 Å². The van der Waals surface area contributed by atoms with Gasteiger partial charge < -0.3 is 15.2 Å². The average molecular weight is 246 g/mol. The van der Waals surface area contributed by atoms with Gasteiger partial charge in [0.25, 0.3) is 0 Å². The number of rotatable bonds is 3. The molecule has 0 unspecified atom stereocenters. The van der Waals surface area contributed by atoms with Gasteiger partial charge in [-0.3, -0.25) is 0 Å². The van der Waals surface area contributed by atoms with Gasteiger partial charge in [-0.05, 0) is 24.4 Å². The molecule has 0 atom stereocenters. The van der Waals surface area contributed by atoms with E-state index in [-0.39, 0.29) is 0 Å². The fourth-order valence-corrected chi connectivity index (χ4v) is 1.61. The van der Waals surface area contributed by atoms with Gasteiger partial charge in [-0.1, -0.05) is 18.2 Å². The van der Waals surface area contributed by atoms with Crippen molar-refractivity contribution in [2.45, 2.75) is 6.54 Å². The zero-order chi connectivity index (χ0) is 12.1. The molecule has 2 N–H and O–H groups in total. The summed E-state index contributed by atoms with van der Waals surface area (Å²) in [5.41, 5.74) is 0.977. The van der Waals surface area contributed by atoms with Crippen molar-refractivity contribution in [3.63, 3.8) is 0 Å². The van der Waals surface area contributed by atoms with Gasteiger partial charge in [0.2, 0.25) is 0 Å². The molecular formula is C12H14N4S. The number of thiocarbonyl (C=S) groups is 1. The number of nitrogens with zero attached hydrogens (tertiary/aromatic N) is 2. The first kappa shape index (κ1) is 11.6. The van der Waals surface area contributed by atoms with Crippen LogP contribution in [0.2, 0.25) is 0 Å². The molecule has 0 aliphatic heterocycles. The average Bonchev–Trinajstić information content (AvgIpc) is 2.74. The van der Waals surface area contributed by atoms with Crippen molar-refractivity contribution in [2.24, 2.45) is 7.05 Å². The molecule has 0 saturated heterocycles. The molecule has 0 amide bonds. The molecule has 2 rings (SSSR count). The van der Waals surface area contributed by atoms with Crippen LogP contribution in [-0.2, 0) is 13.6 Å². The third-order valence-corrected chi connectivity index (χ3v) is 2.61. The molecule has 0 spiro atoms. The molecule has 0 radical (unpaired) electrons. The summed E-state index contributed by atoms with van der Waals surface area (Å²) in [4.78, 5) is 4.21.